The molecule has 1 fully saturated rings. The first-order valence-electron chi connectivity index (χ1n) is 6.08. The van der Waals surface area contributed by atoms with Gasteiger partial charge in [-0.1, -0.05) is 45.4 Å². The predicted molar refractivity (Wildman–Crippen MR) is 58.7 cm³/mol. The number of hydrogen-bond acceptors (Lipinski definition) is 1. The van der Waals surface area contributed by atoms with Crippen molar-refractivity contribution in [1.29, 1.82) is 0 Å². The molecule has 0 aromatic carbocycles. The molecule has 0 radical (unpaired) electrons. The van der Waals surface area contributed by atoms with Crippen LogP contribution in [0.25, 0.3) is 0 Å². The zero-order chi connectivity index (χ0) is 9.52. The summed E-state index contributed by atoms with van der Waals surface area (Å²) in [4.78, 5) is 0. The van der Waals surface area contributed by atoms with Crippen LogP contribution in [0.1, 0.15) is 64.7 Å². The van der Waals surface area contributed by atoms with Crippen LogP contribution in [0.3, 0.4) is 0 Å². The van der Waals surface area contributed by atoms with Gasteiger partial charge in [0.1, 0.15) is 0 Å². The first kappa shape index (κ1) is 11.0. The van der Waals surface area contributed by atoms with Crippen LogP contribution >= 0.6 is 0 Å². The fraction of sp³-hybridized carbons (Fsp3) is 1.00. The molecule has 0 aliphatic heterocycles. The molecule has 0 aromatic heterocycles. The summed E-state index contributed by atoms with van der Waals surface area (Å²) >= 11 is 0. The highest BCUT2D eigenvalue weighted by Crippen LogP contribution is 2.28. The van der Waals surface area contributed by atoms with E-state index in [1.54, 1.807) is 0 Å². The molecule has 0 heterocycles. The molecular weight excluding hydrogens is 158 g/mol. The lowest BCUT2D eigenvalue weighted by Gasteiger charge is -2.08. The molecule has 2 N–H and O–H groups in total. The Balaban J connectivity index is 1.88. The van der Waals surface area contributed by atoms with Crippen LogP contribution in [0.2, 0.25) is 0 Å². The molecule has 0 bridgehead atoms. The molecule has 0 spiro atoms. The molecule has 13 heavy (non-hydrogen) atoms. The van der Waals surface area contributed by atoms with Gasteiger partial charge in [-0.3, -0.25) is 0 Å². The predicted octanol–water partition coefficient (Wildman–Crippen LogP) is 3.47. The van der Waals surface area contributed by atoms with Gasteiger partial charge < -0.3 is 5.73 Å². The Hall–Kier alpha value is -0.0400. The summed E-state index contributed by atoms with van der Waals surface area (Å²) in [5, 5.41) is 0. The van der Waals surface area contributed by atoms with Gasteiger partial charge in [-0.2, -0.15) is 0 Å². The van der Waals surface area contributed by atoms with Crippen LogP contribution in [-0.4, -0.2) is 6.04 Å². The van der Waals surface area contributed by atoms with Gasteiger partial charge in [0.2, 0.25) is 0 Å². The van der Waals surface area contributed by atoms with E-state index < -0.39 is 0 Å². The summed E-state index contributed by atoms with van der Waals surface area (Å²) in [7, 11) is 0. The highest BCUT2D eigenvalue weighted by Gasteiger charge is 2.20. The minimum Gasteiger partial charge on any atom is -0.328 e. The van der Waals surface area contributed by atoms with Crippen molar-refractivity contribution in [3.8, 4) is 0 Å². The fourth-order valence-corrected chi connectivity index (χ4v) is 2.41. The zero-order valence-electron chi connectivity index (χ0n) is 9.10. The maximum absolute atomic E-state index is 5.88. The number of nitrogens with two attached hydrogens (primary N) is 1. The summed E-state index contributed by atoms with van der Waals surface area (Å²) in [5.41, 5.74) is 5.88. The van der Waals surface area contributed by atoms with Crippen molar-refractivity contribution in [3.05, 3.63) is 0 Å². The van der Waals surface area contributed by atoms with Crippen molar-refractivity contribution >= 4 is 0 Å². The number of rotatable bonds is 6. The van der Waals surface area contributed by atoms with E-state index in [1.807, 2.05) is 0 Å². The average Bonchev–Trinajstić information content (AvgIpc) is 2.51. The smallest absolute Gasteiger partial charge is 0.00415 e. The van der Waals surface area contributed by atoms with E-state index in [-0.39, 0.29) is 0 Å². The SMILES string of the molecule is CCCCCCCC1CCC(N)C1. The molecule has 1 aliphatic rings. The lowest BCUT2D eigenvalue weighted by Crippen LogP contribution is -2.14. The third-order valence-corrected chi connectivity index (χ3v) is 3.30. The number of unbranched alkanes of at least 4 members (excludes halogenated alkanes) is 4. The minimum absolute atomic E-state index is 0.528. The molecule has 1 aliphatic carbocycles. The summed E-state index contributed by atoms with van der Waals surface area (Å²) in [6, 6.07) is 0.528. The van der Waals surface area contributed by atoms with Crippen molar-refractivity contribution in [2.45, 2.75) is 70.8 Å². The maximum atomic E-state index is 5.88. The van der Waals surface area contributed by atoms with Gasteiger partial charge in [0, 0.05) is 6.04 Å². The Morgan fingerprint density at radius 3 is 2.46 bits per heavy atom. The third kappa shape index (κ3) is 4.66. The summed E-state index contributed by atoms with van der Waals surface area (Å²) < 4.78 is 0. The van der Waals surface area contributed by atoms with Gasteiger partial charge in [0.15, 0.2) is 0 Å². The van der Waals surface area contributed by atoms with Gasteiger partial charge in [-0.15, -0.1) is 0 Å². The monoisotopic (exact) mass is 183 g/mol. The van der Waals surface area contributed by atoms with Crippen molar-refractivity contribution in [1.82, 2.24) is 0 Å². The Morgan fingerprint density at radius 2 is 1.85 bits per heavy atom. The molecule has 2 atom stereocenters. The Morgan fingerprint density at radius 1 is 1.08 bits per heavy atom. The molecule has 0 saturated heterocycles. The van der Waals surface area contributed by atoms with Crippen LogP contribution in [0, 0.1) is 5.92 Å². The highest BCUT2D eigenvalue weighted by molar-refractivity contribution is 4.77. The van der Waals surface area contributed by atoms with Crippen LogP contribution < -0.4 is 5.73 Å². The van der Waals surface area contributed by atoms with E-state index in [9.17, 15) is 0 Å². The highest BCUT2D eigenvalue weighted by atomic mass is 14.6. The molecule has 1 saturated carbocycles. The minimum atomic E-state index is 0.528. The second-order valence-electron chi connectivity index (χ2n) is 4.64. The summed E-state index contributed by atoms with van der Waals surface area (Å²) in [6.07, 6.45) is 12.5. The first-order chi connectivity index (χ1) is 6.33. The van der Waals surface area contributed by atoms with Gasteiger partial charge in [-0.25, -0.2) is 0 Å². The lowest BCUT2D eigenvalue weighted by atomic mass is 9.99. The Kier molecular flexibility index (Phi) is 5.45. The van der Waals surface area contributed by atoms with Crippen molar-refractivity contribution in [2.24, 2.45) is 11.7 Å². The van der Waals surface area contributed by atoms with E-state index in [4.69, 9.17) is 5.73 Å². The summed E-state index contributed by atoms with van der Waals surface area (Å²) in [6.45, 7) is 2.27. The quantitative estimate of drug-likeness (QED) is 0.627. The van der Waals surface area contributed by atoms with E-state index >= 15 is 0 Å². The molecule has 1 heteroatoms. The molecule has 0 aromatic rings. The third-order valence-electron chi connectivity index (χ3n) is 3.30. The Labute approximate surface area is 83.1 Å². The summed E-state index contributed by atoms with van der Waals surface area (Å²) in [5.74, 6) is 0.969. The average molecular weight is 183 g/mol. The lowest BCUT2D eigenvalue weighted by molar-refractivity contribution is 0.458. The van der Waals surface area contributed by atoms with E-state index in [2.05, 4.69) is 6.92 Å². The van der Waals surface area contributed by atoms with Crippen LogP contribution in [0.5, 0.6) is 0 Å². The van der Waals surface area contributed by atoms with Crippen LogP contribution in [0.4, 0.5) is 0 Å². The first-order valence-corrected chi connectivity index (χ1v) is 6.08. The Bertz CT molecular complexity index is 122. The molecule has 2 unspecified atom stereocenters. The van der Waals surface area contributed by atoms with E-state index in [0.29, 0.717) is 6.04 Å². The van der Waals surface area contributed by atoms with Gasteiger partial charge in [-0.05, 0) is 25.2 Å². The van der Waals surface area contributed by atoms with Gasteiger partial charge in [0.25, 0.3) is 0 Å². The molecular formula is C12H25N. The van der Waals surface area contributed by atoms with E-state index in [0.717, 1.165) is 5.92 Å². The fourth-order valence-electron chi connectivity index (χ4n) is 2.41. The van der Waals surface area contributed by atoms with Crippen LogP contribution in [0.15, 0.2) is 0 Å². The van der Waals surface area contributed by atoms with Crippen LogP contribution in [-0.2, 0) is 0 Å². The number of hydrogen-bond donors (Lipinski definition) is 1. The van der Waals surface area contributed by atoms with Gasteiger partial charge >= 0.3 is 0 Å². The zero-order valence-corrected chi connectivity index (χ0v) is 9.10. The normalized spacial score (nSPS) is 28.2. The van der Waals surface area contributed by atoms with Crippen molar-refractivity contribution in [2.75, 3.05) is 0 Å². The van der Waals surface area contributed by atoms with Crippen molar-refractivity contribution in [3.63, 3.8) is 0 Å². The topological polar surface area (TPSA) is 26.0 Å². The molecule has 78 valence electrons. The molecule has 1 rings (SSSR count). The largest absolute Gasteiger partial charge is 0.328 e. The maximum Gasteiger partial charge on any atom is 0.00415 e. The van der Waals surface area contributed by atoms with Gasteiger partial charge in [0.05, 0.1) is 0 Å². The van der Waals surface area contributed by atoms with Crippen molar-refractivity contribution < 1.29 is 0 Å². The second-order valence-corrected chi connectivity index (χ2v) is 4.64. The molecule has 0 amide bonds. The second kappa shape index (κ2) is 6.42. The molecule has 1 nitrogen and oxygen atoms in total. The standard InChI is InChI=1S/C12H25N/c1-2-3-4-5-6-7-11-8-9-12(13)10-11/h11-12H,2-10,13H2,1H3. The van der Waals surface area contributed by atoms with E-state index in [1.165, 1.54) is 57.8 Å².